The number of carbonyl (C=O) groups excluding carboxylic acids is 1. The normalized spacial score (nSPS) is 16.5. The maximum atomic E-state index is 13.6. The monoisotopic (exact) mass is 378 g/mol. The maximum Gasteiger partial charge on any atom is 0.322 e. The Morgan fingerprint density at radius 3 is 2.73 bits per heavy atom. The Bertz CT molecular complexity index is 815. The standard InChI is InChI=1S/C19H20ClFN2O3/c1-25-13-6-7-14(18(11-13)26-2)17-4-3-9-23(17)19(24)22-12-5-8-15(20)16(21)10-12/h5-8,10-11,17H,3-4,9H2,1-2H3,(H,22,24). The summed E-state index contributed by atoms with van der Waals surface area (Å²) in [6.07, 6.45) is 1.70. The van der Waals surface area contributed by atoms with Crippen molar-refractivity contribution >= 4 is 23.3 Å². The molecule has 0 radical (unpaired) electrons. The zero-order valence-corrected chi connectivity index (χ0v) is 15.3. The number of methoxy groups -OCH3 is 2. The molecule has 1 saturated heterocycles. The lowest BCUT2D eigenvalue weighted by molar-refractivity contribution is 0.206. The molecule has 7 heteroatoms. The number of urea groups is 1. The van der Waals surface area contributed by atoms with Crippen LogP contribution in [0.4, 0.5) is 14.9 Å². The fourth-order valence-corrected chi connectivity index (χ4v) is 3.31. The molecule has 0 bridgehead atoms. The summed E-state index contributed by atoms with van der Waals surface area (Å²) in [5.41, 5.74) is 1.28. The number of ether oxygens (including phenoxy) is 2. The molecule has 1 N–H and O–H groups in total. The number of hydrogen-bond donors (Lipinski definition) is 1. The Labute approximate surface area is 156 Å². The van der Waals surface area contributed by atoms with Crippen molar-refractivity contribution in [3.8, 4) is 11.5 Å². The second-order valence-corrected chi connectivity index (χ2v) is 6.43. The highest BCUT2D eigenvalue weighted by atomic mass is 35.5. The van der Waals surface area contributed by atoms with Crippen LogP contribution in [0.3, 0.4) is 0 Å². The van der Waals surface area contributed by atoms with E-state index in [0.717, 1.165) is 18.4 Å². The molecule has 0 aromatic heterocycles. The summed E-state index contributed by atoms with van der Waals surface area (Å²) in [7, 11) is 3.18. The van der Waals surface area contributed by atoms with Gasteiger partial charge in [-0.2, -0.15) is 0 Å². The van der Waals surface area contributed by atoms with E-state index in [1.54, 1.807) is 31.3 Å². The SMILES string of the molecule is COc1ccc(C2CCCN2C(=O)Nc2ccc(Cl)c(F)c2)c(OC)c1. The first-order valence-corrected chi connectivity index (χ1v) is 8.66. The maximum absolute atomic E-state index is 13.6. The summed E-state index contributed by atoms with van der Waals surface area (Å²) < 4.78 is 24.3. The van der Waals surface area contributed by atoms with Crippen LogP contribution in [0.2, 0.25) is 5.02 Å². The highest BCUT2D eigenvalue weighted by molar-refractivity contribution is 6.30. The molecule has 1 aliphatic rings. The number of nitrogens with zero attached hydrogens (tertiary/aromatic N) is 1. The van der Waals surface area contributed by atoms with E-state index >= 15 is 0 Å². The van der Waals surface area contributed by atoms with E-state index < -0.39 is 5.82 Å². The van der Waals surface area contributed by atoms with Crippen molar-refractivity contribution in [3.63, 3.8) is 0 Å². The molecule has 1 aliphatic heterocycles. The second kappa shape index (κ2) is 7.83. The lowest BCUT2D eigenvalue weighted by Crippen LogP contribution is -2.34. The van der Waals surface area contributed by atoms with Gasteiger partial charge in [-0.1, -0.05) is 11.6 Å². The van der Waals surface area contributed by atoms with Crippen LogP contribution in [0.5, 0.6) is 11.5 Å². The Kier molecular flexibility index (Phi) is 5.52. The van der Waals surface area contributed by atoms with Crippen LogP contribution >= 0.6 is 11.6 Å². The zero-order valence-electron chi connectivity index (χ0n) is 14.6. The Hall–Kier alpha value is -2.47. The van der Waals surface area contributed by atoms with Crippen molar-refractivity contribution in [2.24, 2.45) is 0 Å². The van der Waals surface area contributed by atoms with Gasteiger partial charge < -0.3 is 19.7 Å². The van der Waals surface area contributed by atoms with Gasteiger partial charge in [-0.25, -0.2) is 9.18 Å². The minimum Gasteiger partial charge on any atom is -0.497 e. The molecule has 0 saturated carbocycles. The van der Waals surface area contributed by atoms with Crippen LogP contribution < -0.4 is 14.8 Å². The third kappa shape index (κ3) is 3.70. The van der Waals surface area contributed by atoms with E-state index in [1.807, 2.05) is 12.1 Å². The van der Waals surface area contributed by atoms with E-state index in [-0.39, 0.29) is 17.1 Å². The van der Waals surface area contributed by atoms with Crippen molar-refractivity contribution < 1.29 is 18.7 Å². The second-order valence-electron chi connectivity index (χ2n) is 6.02. The number of rotatable bonds is 4. The van der Waals surface area contributed by atoms with E-state index in [1.165, 1.54) is 12.1 Å². The van der Waals surface area contributed by atoms with Gasteiger partial charge in [-0.3, -0.25) is 0 Å². The summed E-state index contributed by atoms with van der Waals surface area (Å²) in [4.78, 5) is 14.4. The molecule has 26 heavy (non-hydrogen) atoms. The third-order valence-corrected chi connectivity index (χ3v) is 4.79. The van der Waals surface area contributed by atoms with Crippen molar-refractivity contribution in [2.75, 3.05) is 26.1 Å². The quantitative estimate of drug-likeness (QED) is 0.826. The number of anilines is 1. The minimum absolute atomic E-state index is 0.0185. The van der Waals surface area contributed by atoms with Crippen LogP contribution in [-0.2, 0) is 0 Å². The van der Waals surface area contributed by atoms with Gasteiger partial charge in [-0.15, -0.1) is 0 Å². The van der Waals surface area contributed by atoms with E-state index in [9.17, 15) is 9.18 Å². The molecular weight excluding hydrogens is 359 g/mol. The highest BCUT2D eigenvalue weighted by Gasteiger charge is 2.32. The summed E-state index contributed by atoms with van der Waals surface area (Å²) in [6, 6.07) is 9.36. The first-order chi connectivity index (χ1) is 12.5. The Balaban J connectivity index is 1.81. The Morgan fingerprint density at radius 1 is 1.23 bits per heavy atom. The molecule has 2 amide bonds. The molecule has 0 spiro atoms. The number of benzene rings is 2. The number of likely N-dealkylation sites (tertiary alicyclic amines) is 1. The molecule has 1 unspecified atom stereocenters. The zero-order chi connectivity index (χ0) is 18.7. The van der Waals surface area contributed by atoms with Gasteiger partial charge in [-0.05, 0) is 43.2 Å². The fourth-order valence-electron chi connectivity index (χ4n) is 3.20. The molecule has 5 nitrogen and oxygen atoms in total. The highest BCUT2D eigenvalue weighted by Crippen LogP contribution is 2.39. The molecular formula is C19H20ClFN2O3. The largest absolute Gasteiger partial charge is 0.497 e. The van der Waals surface area contributed by atoms with Gasteiger partial charge in [0.05, 0.1) is 25.3 Å². The van der Waals surface area contributed by atoms with E-state index in [2.05, 4.69) is 5.32 Å². The smallest absolute Gasteiger partial charge is 0.322 e. The average Bonchev–Trinajstić information content (AvgIpc) is 3.13. The first kappa shape index (κ1) is 18.3. The molecule has 138 valence electrons. The summed E-state index contributed by atoms with van der Waals surface area (Å²) in [5.74, 6) is 0.794. The third-order valence-electron chi connectivity index (χ3n) is 4.48. The predicted molar refractivity (Wildman–Crippen MR) is 98.7 cm³/mol. The Morgan fingerprint density at radius 2 is 2.04 bits per heavy atom. The van der Waals surface area contributed by atoms with Gasteiger partial charge in [0.25, 0.3) is 0 Å². The van der Waals surface area contributed by atoms with Crippen molar-refractivity contribution in [3.05, 3.63) is 52.8 Å². The van der Waals surface area contributed by atoms with Gasteiger partial charge in [0, 0.05) is 23.9 Å². The molecule has 3 rings (SSSR count). The average molecular weight is 379 g/mol. The van der Waals surface area contributed by atoms with Crippen molar-refractivity contribution in [1.82, 2.24) is 4.90 Å². The number of amides is 2. The number of nitrogens with one attached hydrogen (secondary N) is 1. The summed E-state index contributed by atoms with van der Waals surface area (Å²) >= 11 is 5.68. The minimum atomic E-state index is -0.570. The van der Waals surface area contributed by atoms with Gasteiger partial charge in [0.1, 0.15) is 17.3 Å². The van der Waals surface area contributed by atoms with Gasteiger partial charge >= 0.3 is 6.03 Å². The summed E-state index contributed by atoms with van der Waals surface area (Å²) in [6.45, 7) is 0.613. The summed E-state index contributed by atoms with van der Waals surface area (Å²) in [5, 5.41) is 2.75. The molecule has 2 aromatic carbocycles. The van der Waals surface area contributed by atoms with Crippen LogP contribution in [0.1, 0.15) is 24.4 Å². The van der Waals surface area contributed by atoms with Crippen molar-refractivity contribution in [1.29, 1.82) is 0 Å². The lowest BCUT2D eigenvalue weighted by Gasteiger charge is -2.26. The fraction of sp³-hybridized carbons (Fsp3) is 0.316. The number of halogens is 2. The molecule has 1 heterocycles. The number of hydrogen-bond acceptors (Lipinski definition) is 3. The van der Waals surface area contributed by atoms with Crippen LogP contribution in [0.15, 0.2) is 36.4 Å². The first-order valence-electron chi connectivity index (χ1n) is 8.28. The van der Waals surface area contributed by atoms with Crippen LogP contribution in [0, 0.1) is 5.82 Å². The molecule has 1 atom stereocenters. The number of carbonyl (C=O) groups is 1. The molecule has 0 aliphatic carbocycles. The topological polar surface area (TPSA) is 50.8 Å². The van der Waals surface area contributed by atoms with Gasteiger partial charge in [0.2, 0.25) is 0 Å². The molecule has 2 aromatic rings. The molecule has 1 fully saturated rings. The van der Waals surface area contributed by atoms with Gasteiger partial charge in [0.15, 0.2) is 0 Å². The van der Waals surface area contributed by atoms with E-state index in [0.29, 0.717) is 23.7 Å². The van der Waals surface area contributed by atoms with Crippen LogP contribution in [0.25, 0.3) is 0 Å². The predicted octanol–water partition coefficient (Wildman–Crippen LogP) is 4.87. The lowest BCUT2D eigenvalue weighted by atomic mass is 10.0. The van der Waals surface area contributed by atoms with E-state index in [4.69, 9.17) is 21.1 Å². The van der Waals surface area contributed by atoms with Crippen LogP contribution in [-0.4, -0.2) is 31.7 Å². The van der Waals surface area contributed by atoms with Crippen molar-refractivity contribution in [2.45, 2.75) is 18.9 Å².